The maximum Gasteiger partial charge on any atom is 0.264 e. The molecule has 1 atom stereocenters. The van der Waals surface area contributed by atoms with Crippen molar-refractivity contribution in [3.8, 4) is 5.75 Å². The first-order valence-electron chi connectivity index (χ1n) is 9.52. The van der Waals surface area contributed by atoms with Crippen LogP contribution >= 0.6 is 22.9 Å². The molecule has 1 unspecified atom stereocenters. The number of thiophene rings is 1. The molecular weight excluding hydrogens is 390 g/mol. The van der Waals surface area contributed by atoms with Crippen LogP contribution in [0.1, 0.15) is 46.1 Å². The van der Waals surface area contributed by atoms with E-state index in [4.69, 9.17) is 16.3 Å². The van der Waals surface area contributed by atoms with Gasteiger partial charge in [-0.25, -0.2) is 0 Å². The molecule has 1 aromatic heterocycles. The Morgan fingerprint density at radius 3 is 2.79 bits per heavy atom. The van der Waals surface area contributed by atoms with Crippen molar-refractivity contribution < 1.29 is 9.53 Å². The summed E-state index contributed by atoms with van der Waals surface area (Å²) in [6.45, 7) is 1.23. The van der Waals surface area contributed by atoms with Crippen LogP contribution in [0.15, 0.2) is 66.0 Å². The first-order chi connectivity index (χ1) is 13.7. The van der Waals surface area contributed by atoms with Gasteiger partial charge in [0.2, 0.25) is 0 Å². The van der Waals surface area contributed by atoms with Crippen molar-refractivity contribution in [3.63, 3.8) is 0 Å². The third-order valence-corrected chi connectivity index (χ3v) is 6.22. The van der Waals surface area contributed by atoms with Crippen molar-refractivity contribution in [1.29, 1.82) is 0 Å². The molecule has 0 N–H and O–H groups in total. The number of amides is 1. The Morgan fingerprint density at radius 2 is 1.96 bits per heavy atom. The van der Waals surface area contributed by atoms with E-state index >= 15 is 0 Å². The topological polar surface area (TPSA) is 29.5 Å². The van der Waals surface area contributed by atoms with E-state index in [-0.39, 0.29) is 11.9 Å². The Hall–Kier alpha value is -2.30. The number of nitrogens with zero attached hydrogens (tertiary/aromatic N) is 1. The summed E-state index contributed by atoms with van der Waals surface area (Å²) in [6.07, 6.45) is 3.24. The van der Waals surface area contributed by atoms with E-state index in [2.05, 4.69) is 12.1 Å². The van der Waals surface area contributed by atoms with Gasteiger partial charge in [0.15, 0.2) is 0 Å². The number of ether oxygens (including phenoxy) is 1. The number of halogens is 1. The summed E-state index contributed by atoms with van der Waals surface area (Å²) in [5.41, 5.74) is 2.22. The number of hydrogen-bond acceptors (Lipinski definition) is 3. The lowest BCUT2D eigenvalue weighted by Crippen LogP contribution is -2.38. The second-order valence-electron chi connectivity index (χ2n) is 6.99. The summed E-state index contributed by atoms with van der Waals surface area (Å²) in [6, 6.07) is 19.8. The van der Waals surface area contributed by atoms with E-state index in [1.807, 2.05) is 52.7 Å². The summed E-state index contributed by atoms with van der Waals surface area (Å²) >= 11 is 7.48. The van der Waals surface area contributed by atoms with E-state index in [0.29, 0.717) is 11.6 Å². The molecular formula is C23H22ClNO2S. The van der Waals surface area contributed by atoms with Crippen LogP contribution in [-0.4, -0.2) is 17.4 Å². The van der Waals surface area contributed by atoms with E-state index in [0.717, 1.165) is 42.0 Å². The average molecular weight is 412 g/mol. The fourth-order valence-electron chi connectivity index (χ4n) is 3.62. The van der Waals surface area contributed by atoms with Crippen LogP contribution in [0.3, 0.4) is 0 Å². The van der Waals surface area contributed by atoms with Gasteiger partial charge < -0.3 is 9.64 Å². The van der Waals surface area contributed by atoms with Crippen molar-refractivity contribution >= 4 is 28.8 Å². The van der Waals surface area contributed by atoms with E-state index in [9.17, 15) is 4.79 Å². The third-order valence-electron chi connectivity index (χ3n) is 5.01. The van der Waals surface area contributed by atoms with Gasteiger partial charge in [-0.05, 0) is 54.5 Å². The van der Waals surface area contributed by atoms with E-state index in [1.165, 1.54) is 16.9 Å². The molecule has 3 aromatic rings. The van der Waals surface area contributed by atoms with Crippen molar-refractivity contribution in [3.05, 3.63) is 87.1 Å². The predicted octanol–water partition coefficient (Wildman–Crippen LogP) is 6.35. The van der Waals surface area contributed by atoms with Crippen LogP contribution < -0.4 is 4.74 Å². The van der Waals surface area contributed by atoms with Gasteiger partial charge in [-0.2, -0.15) is 0 Å². The molecule has 5 heteroatoms. The standard InChI is InChI=1S/C23H22ClNO2S/c24-19-9-6-10-20(14-19)27-15-17-13-22(28-16-17)23(26)25-12-5-4-11-21(25)18-7-2-1-3-8-18/h1-3,6-10,13-14,16,21H,4-5,11-12,15H2. The number of hydrogen-bond donors (Lipinski definition) is 0. The molecule has 1 aliphatic rings. The molecule has 28 heavy (non-hydrogen) atoms. The highest BCUT2D eigenvalue weighted by molar-refractivity contribution is 7.12. The Morgan fingerprint density at radius 1 is 1.11 bits per heavy atom. The van der Waals surface area contributed by atoms with Gasteiger partial charge in [-0.3, -0.25) is 4.79 Å². The smallest absolute Gasteiger partial charge is 0.264 e. The second-order valence-corrected chi connectivity index (χ2v) is 8.33. The zero-order valence-electron chi connectivity index (χ0n) is 15.5. The minimum Gasteiger partial charge on any atom is -0.489 e. The van der Waals surface area contributed by atoms with Crippen LogP contribution in [-0.2, 0) is 6.61 Å². The molecule has 0 bridgehead atoms. The molecule has 4 rings (SSSR count). The van der Waals surface area contributed by atoms with Gasteiger partial charge in [-0.15, -0.1) is 11.3 Å². The lowest BCUT2D eigenvalue weighted by molar-refractivity contribution is 0.0616. The Kier molecular flexibility index (Phi) is 5.98. The van der Waals surface area contributed by atoms with Crippen LogP contribution in [0.5, 0.6) is 5.75 Å². The number of carbonyl (C=O) groups is 1. The van der Waals surface area contributed by atoms with Gasteiger partial charge in [-0.1, -0.05) is 48.0 Å². The largest absolute Gasteiger partial charge is 0.489 e. The second kappa shape index (κ2) is 8.80. The number of benzene rings is 2. The lowest BCUT2D eigenvalue weighted by atomic mass is 9.95. The summed E-state index contributed by atoms with van der Waals surface area (Å²) in [5.74, 6) is 0.847. The van der Waals surface area contributed by atoms with Crippen molar-refractivity contribution in [2.45, 2.75) is 31.9 Å². The molecule has 0 radical (unpaired) electrons. The van der Waals surface area contributed by atoms with Gasteiger partial charge in [0.1, 0.15) is 12.4 Å². The zero-order valence-corrected chi connectivity index (χ0v) is 17.1. The predicted molar refractivity (Wildman–Crippen MR) is 114 cm³/mol. The monoisotopic (exact) mass is 411 g/mol. The molecule has 0 spiro atoms. The summed E-state index contributed by atoms with van der Waals surface area (Å²) in [7, 11) is 0. The first kappa shape index (κ1) is 19.0. The number of piperidine rings is 1. The molecule has 0 aliphatic carbocycles. The number of likely N-dealkylation sites (tertiary alicyclic amines) is 1. The normalized spacial score (nSPS) is 16.8. The van der Waals surface area contributed by atoms with Crippen LogP contribution in [0.4, 0.5) is 0 Å². The molecule has 1 aliphatic heterocycles. The minimum absolute atomic E-state index is 0.118. The molecule has 1 saturated heterocycles. The SMILES string of the molecule is O=C(c1cc(COc2cccc(Cl)c2)cs1)N1CCCCC1c1ccccc1. The van der Waals surface area contributed by atoms with Crippen molar-refractivity contribution in [2.75, 3.05) is 6.54 Å². The maximum atomic E-state index is 13.2. The van der Waals surface area contributed by atoms with E-state index in [1.54, 1.807) is 6.07 Å². The third kappa shape index (κ3) is 4.40. The van der Waals surface area contributed by atoms with Gasteiger partial charge >= 0.3 is 0 Å². The summed E-state index contributed by atoms with van der Waals surface area (Å²) in [5, 5.41) is 2.65. The lowest BCUT2D eigenvalue weighted by Gasteiger charge is -2.36. The quantitative estimate of drug-likeness (QED) is 0.489. The molecule has 2 aromatic carbocycles. The van der Waals surface area contributed by atoms with Crippen LogP contribution in [0.25, 0.3) is 0 Å². The molecule has 1 amide bonds. The van der Waals surface area contributed by atoms with Gasteiger partial charge in [0.25, 0.3) is 5.91 Å². The van der Waals surface area contributed by atoms with Crippen molar-refractivity contribution in [1.82, 2.24) is 4.90 Å². The van der Waals surface area contributed by atoms with Crippen LogP contribution in [0.2, 0.25) is 5.02 Å². The molecule has 1 fully saturated rings. The number of carbonyl (C=O) groups excluding carboxylic acids is 1. The fourth-order valence-corrected chi connectivity index (χ4v) is 4.66. The highest BCUT2D eigenvalue weighted by Gasteiger charge is 2.29. The number of rotatable bonds is 5. The Bertz CT molecular complexity index is 941. The molecule has 144 valence electrons. The van der Waals surface area contributed by atoms with Crippen molar-refractivity contribution in [2.24, 2.45) is 0 Å². The highest BCUT2D eigenvalue weighted by Crippen LogP contribution is 2.33. The Balaban J connectivity index is 1.45. The maximum absolute atomic E-state index is 13.2. The van der Waals surface area contributed by atoms with Crippen LogP contribution in [0, 0.1) is 0 Å². The summed E-state index contributed by atoms with van der Waals surface area (Å²) in [4.78, 5) is 16.0. The minimum atomic E-state index is 0.118. The average Bonchev–Trinajstić information content (AvgIpc) is 3.21. The van der Waals surface area contributed by atoms with Gasteiger partial charge in [0, 0.05) is 17.1 Å². The fraction of sp³-hybridized carbons (Fsp3) is 0.261. The van der Waals surface area contributed by atoms with Gasteiger partial charge in [0.05, 0.1) is 10.9 Å². The zero-order chi connectivity index (χ0) is 19.3. The Labute approximate surface area is 174 Å². The molecule has 2 heterocycles. The first-order valence-corrected chi connectivity index (χ1v) is 10.8. The summed E-state index contributed by atoms with van der Waals surface area (Å²) < 4.78 is 5.80. The molecule has 0 saturated carbocycles. The molecule has 3 nitrogen and oxygen atoms in total. The van der Waals surface area contributed by atoms with E-state index < -0.39 is 0 Å². The highest BCUT2D eigenvalue weighted by atomic mass is 35.5.